The van der Waals surface area contributed by atoms with Gasteiger partial charge in [-0.3, -0.25) is 4.79 Å². The van der Waals surface area contributed by atoms with Crippen LogP contribution in [0.3, 0.4) is 0 Å². The van der Waals surface area contributed by atoms with Crippen LogP contribution < -0.4 is 10.6 Å². The highest BCUT2D eigenvalue weighted by Crippen LogP contribution is 2.16. The maximum atomic E-state index is 12.9. The molecule has 0 aliphatic heterocycles. The van der Waals surface area contributed by atoms with Crippen LogP contribution >= 0.6 is 15.9 Å². The third-order valence-corrected chi connectivity index (χ3v) is 2.60. The van der Waals surface area contributed by atoms with Crippen LogP contribution in [0.2, 0.25) is 0 Å². The van der Waals surface area contributed by atoms with E-state index >= 15 is 0 Å². The van der Waals surface area contributed by atoms with Gasteiger partial charge in [-0.25, -0.2) is 4.39 Å². The van der Waals surface area contributed by atoms with E-state index in [2.05, 4.69) is 26.6 Å². The van der Waals surface area contributed by atoms with Crippen molar-refractivity contribution in [1.82, 2.24) is 10.6 Å². The number of hydrogen-bond acceptors (Lipinski definition) is 2. The highest BCUT2D eigenvalue weighted by Gasteiger charge is 1.99. The van der Waals surface area contributed by atoms with Gasteiger partial charge in [-0.05, 0) is 33.6 Å². The second-order valence-corrected chi connectivity index (χ2v) is 4.26. The van der Waals surface area contributed by atoms with Gasteiger partial charge >= 0.3 is 0 Å². The molecule has 0 aliphatic carbocycles. The van der Waals surface area contributed by atoms with Crippen LogP contribution in [0.5, 0.6) is 0 Å². The van der Waals surface area contributed by atoms with E-state index < -0.39 is 0 Å². The largest absolute Gasteiger partial charge is 0.355 e. The average molecular weight is 289 g/mol. The van der Waals surface area contributed by atoms with Crippen molar-refractivity contribution in [3.05, 3.63) is 34.1 Å². The fraction of sp³-hybridized carbons (Fsp3) is 0.364. The molecule has 1 aromatic carbocycles. The molecule has 0 radical (unpaired) electrons. The van der Waals surface area contributed by atoms with E-state index in [-0.39, 0.29) is 11.7 Å². The summed E-state index contributed by atoms with van der Waals surface area (Å²) in [5.74, 6) is -0.298. The van der Waals surface area contributed by atoms with Crippen LogP contribution in [0.15, 0.2) is 22.7 Å². The van der Waals surface area contributed by atoms with Gasteiger partial charge in [-0.2, -0.15) is 0 Å². The van der Waals surface area contributed by atoms with Crippen molar-refractivity contribution in [2.24, 2.45) is 0 Å². The van der Waals surface area contributed by atoms with Crippen LogP contribution in [0, 0.1) is 5.82 Å². The van der Waals surface area contributed by atoms with Crippen molar-refractivity contribution in [1.29, 1.82) is 0 Å². The molecule has 0 bridgehead atoms. The SMILES string of the molecule is CC(=O)NCCNCc1ccc(F)c(Br)c1. The van der Waals surface area contributed by atoms with Crippen LogP contribution in [-0.4, -0.2) is 19.0 Å². The molecule has 1 aromatic rings. The Hall–Kier alpha value is -0.940. The molecule has 0 saturated carbocycles. The van der Waals surface area contributed by atoms with E-state index in [0.29, 0.717) is 24.1 Å². The Bertz CT molecular complexity index is 371. The summed E-state index contributed by atoms with van der Waals surface area (Å²) in [5, 5.41) is 5.83. The minimum Gasteiger partial charge on any atom is -0.355 e. The van der Waals surface area contributed by atoms with E-state index in [1.54, 1.807) is 12.1 Å². The molecule has 0 saturated heterocycles. The fourth-order valence-corrected chi connectivity index (χ4v) is 1.64. The van der Waals surface area contributed by atoms with Gasteiger partial charge in [0.1, 0.15) is 5.82 Å². The Morgan fingerprint density at radius 3 is 2.81 bits per heavy atom. The zero-order valence-electron chi connectivity index (χ0n) is 9.02. The smallest absolute Gasteiger partial charge is 0.216 e. The zero-order valence-corrected chi connectivity index (χ0v) is 10.6. The molecular weight excluding hydrogens is 275 g/mol. The van der Waals surface area contributed by atoms with Gasteiger partial charge in [0, 0.05) is 26.6 Å². The third kappa shape index (κ3) is 4.72. The van der Waals surface area contributed by atoms with Crippen molar-refractivity contribution < 1.29 is 9.18 Å². The van der Waals surface area contributed by atoms with Crippen LogP contribution in [0.1, 0.15) is 12.5 Å². The molecule has 0 aromatic heterocycles. The Kier molecular flexibility index (Phi) is 5.42. The van der Waals surface area contributed by atoms with Gasteiger partial charge in [-0.1, -0.05) is 6.07 Å². The monoisotopic (exact) mass is 288 g/mol. The summed E-state index contributed by atoms with van der Waals surface area (Å²) in [6, 6.07) is 4.89. The van der Waals surface area contributed by atoms with Gasteiger partial charge in [0.2, 0.25) is 5.91 Å². The summed E-state index contributed by atoms with van der Waals surface area (Å²) in [5.41, 5.74) is 0.996. The van der Waals surface area contributed by atoms with E-state index in [1.807, 2.05) is 0 Å². The lowest BCUT2D eigenvalue weighted by Gasteiger charge is -2.06. The molecule has 0 heterocycles. The highest BCUT2D eigenvalue weighted by atomic mass is 79.9. The second-order valence-electron chi connectivity index (χ2n) is 3.41. The third-order valence-electron chi connectivity index (χ3n) is 1.99. The highest BCUT2D eigenvalue weighted by molar-refractivity contribution is 9.10. The average Bonchev–Trinajstić information content (AvgIpc) is 2.22. The lowest BCUT2D eigenvalue weighted by atomic mass is 10.2. The number of halogens is 2. The van der Waals surface area contributed by atoms with Crippen LogP contribution in [0.4, 0.5) is 4.39 Å². The number of benzene rings is 1. The van der Waals surface area contributed by atoms with Crippen molar-refractivity contribution in [2.75, 3.05) is 13.1 Å². The van der Waals surface area contributed by atoms with Gasteiger partial charge in [0.25, 0.3) is 0 Å². The molecule has 0 unspecified atom stereocenters. The van der Waals surface area contributed by atoms with Crippen LogP contribution in [0.25, 0.3) is 0 Å². The van der Waals surface area contributed by atoms with E-state index in [0.717, 1.165) is 5.56 Å². The first kappa shape index (κ1) is 13.1. The number of rotatable bonds is 5. The Morgan fingerprint density at radius 1 is 1.44 bits per heavy atom. The molecule has 1 amide bonds. The summed E-state index contributed by atoms with van der Waals surface area (Å²) in [7, 11) is 0. The van der Waals surface area contributed by atoms with Crippen molar-refractivity contribution in [3.63, 3.8) is 0 Å². The maximum Gasteiger partial charge on any atom is 0.216 e. The topological polar surface area (TPSA) is 41.1 Å². The zero-order chi connectivity index (χ0) is 12.0. The lowest BCUT2D eigenvalue weighted by molar-refractivity contribution is -0.118. The summed E-state index contributed by atoms with van der Waals surface area (Å²) >= 11 is 3.13. The summed E-state index contributed by atoms with van der Waals surface area (Å²) in [4.78, 5) is 10.6. The molecule has 0 aliphatic rings. The molecule has 88 valence electrons. The van der Waals surface area contributed by atoms with Crippen molar-refractivity contribution in [2.45, 2.75) is 13.5 Å². The predicted octanol–water partition coefficient (Wildman–Crippen LogP) is 1.81. The van der Waals surface area contributed by atoms with Gasteiger partial charge in [-0.15, -0.1) is 0 Å². The maximum absolute atomic E-state index is 12.9. The number of carbonyl (C=O) groups is 1. The molecule has 16 heavy (non-hydrogen) atoms. The molecule has 2 N–H and O–H groups in total. The summed E-state index contributed by atoms with van der Waals surface area (Å²) in [6.07, 6.45) is 0. The summed E-state index contributed by atoms with van der Waals surface area (Å²) < 4.78 is 13.4. The van der Waals surface area contributed by atoms with E-state index in [4.69, 9.17) is 0 Å². The lowest BCUT2D eigenvalue weighted by Crippen LogP contribution is -2.29. The number of amides is 1. The first-order valence-corrected chi connectivity index (χ1v) is 5.78. The number of carbonyl (C=O) groups excluding carboxylic acids is 1. The Balaban J connectivity index is 2.27. The minimum atomic E-state index is -0.262. The fourth-order valence-electron chi connectivity index (χ4n) is 1.21. The summed E-state index contributed by atoms with van der Waals surface area (Å²) in [6.45, 7) is 3.42. The quantitative estimate of drug-likeness (QED) is 0.812. The number of nitrogens with one attached hydrogen (secondary N) is 2. The van der Waals surface area contributed by atoms with E-state index in [1.165, 1.54) is 13.0 Å². The molecular formula is C11H14BrFN2O. The van der Waals surface area contributed by atoms with Crippen LogP contribution in [-0.2, 0) is 11.3 Å². The predicted molar refractivity (Wildman–Crippen MR) is 64.5 cm³/mol. The molecule has 0 atom stereocenters. The molecule has 5 heteroatoms. The first-order valence-electron chi connectivity index (χ1n) is 4.98. The van der Waals surface area contributed by atoms with Crippen molar-refractivity contribution in [3.8, 4) is 0 Å². The van der Waals surface area contributed by atoms with Gasteiger partial charge in [0.15, 0.2) is 0 Å². The van der Waals surface area contributed by atoms with Gasteiger partial charge in [0.05, 0.1) is 4.47 Å². The first-order chi connectivity index (χ1) is 7.59. The molecule has 0 spiro atoms. The van der Waals surface area contributed by atoms with Crippen molar-refractivity contribution >= 4 is 21.8 Å². The minimum absolute atomic E-state index is 0.0358. The molecule has 1 rings (SSSR count). The Labute approximate surface area is 103 Å². The van der Waals surface area contributed by atoms with Gasteiger partial charge < -0.3 is 10.6 Å². The number of hydrogen-bond donors (Lipinski definition) is 2. The van der Waals surface area contributed by atoms with E-state index in [9.17, 15) is 9.18 Å². The standard InChI is InChI=1S/C11H14BrFN2O/c1-8(16)15-5-4-14-7-9-2-3-11(13)10(12)6-9/h2-3,6,14H,4-5,7H2,1H3,(H,15,16). The Morgan fingerprint density at radius 2 is 2.19 bits per heavy atom. The molecule has 0 fully saturated rings. The normalized spacial score (nSPS) is 10.2. The second kappa shape index (κ2) is 6.60. The molecule has 3 nitrogen and oxygen atoms in total.